The number of halogens is 3. The van der Waals surface area contributed by atoms with Crippen LogP contribution in [0.15, 0.2) is 30.3 Å². The van der Waals surface area contributed by atoms with Crippen LogP contribution < -0.4 is 0 Å². The Balaban J connectivity index is 2.04. The normalized spacial score (nSPS) is 14.2. The fourth-order valence-corrected chi connectivity index (χ4v) is 3.10. The first-order chi connectivity index (χ1) is 12.2. The van der Waals surface area contributed by atoms with Gasteiger partial charge in [-0.25, -0.2) is 18.0 Å². The maximum atomic E-state index is 14.2. The van der Waals surface area contributed by atoms with E-state index in [1.807, 2.05) is 0 Å². The summed E-state index contributed by atoms with van der Waals surface area (Å²) in [5, 5.41) is 0. The monoisotopic (exact) mass is 363 g/mol. The zero-order valence-electron chi connectivity index (χ0n) is 14.9. The zero-order valence-corrected chi connectivity index (χ0v) is 14.9. The van der Waals surface area contributed by atoms with Crippen LogP contribution in [0, 0.1) is 17.5 Å². The zero-order chi connectivity index (χ0) is 19.1. The lowest BCUT2D eigenvalue weighted by atomic mass is 9.90. The molecule has 0 aromatic heterocycles. The molecule has 6 heteroatoms. The Morgan fingerprint density at radius 2 is 1.65 bits per heavy atom. The Hall–Kier alpha value is -2.50. The fraction of sp³-hybridized carbons (Fsp3) is 0.350. The molecule has 1 aliphatic heterocycles. The molecule has 0 spiro atoms. The summed E-state index contributed by atoms with van der Waals surface area (Å²) in [6.07, 6.45) is -0.281. The van der Waals surface area contributed by atoms with E-state index < -0.39 is 29.1 Å². The highest BCUT2D eigenvalue weighted by atomic mass is 19.1. The molecule has 0 saturated carbocycles. The third-order valence-corrected chi connectivity index (χ3v) is 4.24. The molecule has 1 aliphatic rings. The van der Waals surface area contributed by atoms with E-state index in [0.29, 0.717) is 11.1 Å². The van der Waals surface area contributed by atoms with Gasteiger partial charge in [0, 0.05) is 13.1 Å². The third kappa shape index (κ3) is 3.54. The van der Waals surface area contributed by atoms with Crippen molar-refractivity contribution in [1.82, 2.24) is 4.90 Å². The Kier molecular flexibility index (Phi) is 4.69. The first kappa shape index (κ1) is 18.3. The average Bonchev–Trinajstić information content (AvgIpc) is 2.55. The fourth-order valence-electron chi connectivity index (χ4n) is 3.10. The Labute approximate surface area is 150 Å². The van der Waals surface area contributed by atoms with Crippen LogP contribution >= 0.6 is 0 Å². The van der Waals surface area contributed by atoms with Gasteiger partial charge in [-0.3, -0.25) is 0 Å². The molecule has 0 aliphatic carbocycles. The summed E-state index contributed by atoms with van der Waals surface area (Å²) in [6.45, 7) is 5.57. The van der Waals surface area contributed by atoms with Crippen molar-refractivity contribution >= 4 is 6.09 Å². The van der Waals surface area contributed by atoms with Gasteiger partial charge in [0.05, 0.1) is 5.56 Å². The summed E-state index contributed by atoms with van der Waals surface area (Å²) in [5.41, 5.74) is 0.163. The van der Waals surface area contributed by atoms with Gasteiger partial charge in [0.25, 0.3) is 0 Å². The van der Waals surface area contributed by atoms with E-state index in [1.165, 1.54) is 23.1 Å². The van der Waals surface area contributed by atoms with E-state index in [1.54, 1.807) is 20.8 Å². The molecule has 0 atom stereocenters. The molecule has 0 saturated heterocycles. The van der Waals surface area contributed by atoms with Crippen molar-refractivity contribution in [3.8, 4) is 11.1 Å². The maximum Gasteiger partial charge on any atom is 0.410 e. The Morgan fingerprint density at radius 1 is 1.00 bits per heavy atom. The highest BCUT2D eigenvalue weighted by Gasteiger charge is 2.29. The van der Waals surface area contributed by atoms with Crippen LogP contribution in [0.25, 0.3) is 11.1 Å². The number of nitrogens with zero attached hydrogens (tertiary/aromatic N) is 1. The summed E-state index contributed by atoms with van der Waals surface area (Å²) < 4.78 is 48.1. The van der Waals surface area contributed by atoms with E-state index in [-0.39, 0.29) is 30.6 Å². The molecular formula is C20H20F3NO2. The highest BCUT2D eigenvalue weighted by molar-refractivity contribution is 5.73. The largest absolute Gasteiger partial charge is 0.444 e. The van der Waals surface area contributed by atoms with E-state index in [0.717, 1.165) is 12.1 Å². The predicted molar refractivity (Wildman–Crippen MR) is 92.1 cm³/mol. The van der Waals surface area contributed by atoms with Crippen molar-refractivity contribution in [3.05, 3.63) is 58.9 Å². The molecule has 3 rings (SSSR count). The highest BCUT2D eigenvalue weighted by Crippen LogP contribution is 2.35. The summed E-state index contributed by atoms with van der Waals surface area (Å²) >= 11 is 0. The molecule has 26 heavy (non-hydrogen) atoms. The second-order valence-corrected chi connectivity index (χ2v) is 7.30. The number of rotatable bonds is 1. The molecule has 0 fully saturated rings. The van der Waals surface area contributed by atoms with Crippen molar-refractivity contribution < 1.29 is 22.7 Å². The number of carbonyl (C=O) groups is 1. The number of hydrogen-bond acceptors (Lipinski definition) is 2. The molecule has 0 N–H and O–H groups in total. The number of benzene rings is 2. The van der Waals surface area contributed by atoms with Gasteiger partial charge in [0.1, 0.15) is 23.1 Å². The summed E-state index contributed by atoms with van der Waals surface area (Å²) in [6, 6.07) is 6.15. The van der Waals surface area contributed by atoms with Gasteiger partial charge in [-0.15, -0.1) is 0 Å². The summed E-state index contributed by atoms with van der Waals surface area (Å²) in [4.78, 5) is 13.8. The van der Waals surface area contributed by atoms with Crippen molar-refractivity contribution in [1.29, 1.82) is 0 Å². The van der Waals surface area contributed by atoms with E-state index in [2.05, 4.69) is 0 Å². The SMILES string of the molecule is CC(C)(C)OC(=O)N1CCc2c(F)ccc(-c3c(F)cccc3F)c2C1. The Morgan fingerprint density at radius 3 is 2.27 bits per heavy atom. The standard InChI is InChI=1S/C20H20F3NO2/c1-20(2,3)26-19(25)24-10-9-12-14(11-24)13(7-8-15(12)21)18-16(22)5-4-6-17(18)23/h4-8H,9-11H2,1-3H3. The van der Waals surface area contributed by atoms with E-state index in [9.17, 15) is 18.0 Å². The topological polar surface area (TPSA) is 29.5 Å². The molecule has 1 heterocycles. The summed E-state index contributed by atoms with van der Waals surface area (Å²) in [7, 11) is 0. The van der Waals surface area contributed by atoms with Gasteiger partial charge in [0.15, 0.2) is 0 Å². The quantitative estimate of drug-likeness (QED) is 0.708. The van der Waals surface area contributed by atoms with Gasteiger partial charge in [-0.05, 0) is 62.1 Å². The van der Waals surface area contributed by atoms with E-state index >= 15 is 0 Å². The van der Waals surface area contributed by atoms with Crippen LogP contribution in [0.4, 0.5) is 18.0 Å². The van der Waals surface area contributed by atoms with Crippen LogP contribution in [0.1, 0.15) is 31.9 Å². The van der Waals surface area contributed by atoms with Gasteiger partial charge in [0.2, 0.25) is 0 Å². The molecule has 0 unspecified atom stereocenters. The number of amides is 1. The van der Waals surface area contributed by atoms with Crippen molar-refractivity contribution in [2.45, 2.75) is 39.3 Å². The van der Waals surface area contributed by atoms with Crippen molar-refractivity contribution in [2.75, 3.05) is 6.54 Å². The third-order valence-electron chi connectivity index (χ3n) is 4.24. The minimum absolute atomic E-state index is 0.0329. The molecular weight excluding hydrogens is 343 g/mol. The number of hydrogen-bond donors (Lipinski definition) is 0. The first-order valence-corrected chi connectivity index (χ1v) is 8.40. The molecule has 0 radical (unpaired) electrons. The second-order valence-electron chi connectivity index (χ2n) is 7.30. The van der Waals surface area contributed by atoms with Crippen LogP contribution in [-0.4, -0.2) is 23.1 Å². The van der Waals surface area contributed by atoms with Crippen molar-refractivity contribution in [3.63, 3.8) is 0 Å². The van der Waals surface area contributed by atoms with Crippen LogP contribution in [-0.2, 0) is 17.7 Å². The molecule has 3 nitrogen and oxygen atoms in total. The smallest absolute Gasteiger partial charge is 0.410 e. The maximum absolute atomic E-state index is 14.2. The lowest BCUT2D eigenvalue weighted by Gasteiger charge is -2.32. The van der Waals surface area contributed by atoms with Crippen LogP contribution in [0.3, 0.4) is 0 Å². The number of carbonyl (C=O) groups excluding carboxylic acids is 1. The predicted octanol–water partition coefficient (Wildman–Crippen LogP) is 5.06. The average molecular weight is 363 g/mol. The second kappa shape index (κ2) is 6.67. The minimum atomic E-state index is -0.729. The minimum Gasteiger partial charge on any atom is -0.444 e. The van der Waals surface area contributed by atoms with Gasteiger partial charge in [-0.2, -0.15) is 0 Å². The van der Waals surface area contributed by atoms with E-state index in [4.69, 9.17) is 4.74 Å². The van der Waals surface area contributed by atoms with Crippen molar-refractivity contribution in [2.24, 2.45) is 0 Å². The van der Waals surface area contributed by atoms with Gasteiger partial charge >= 0.3 is 6.09 Å². The van der Waals surface area contributed by atoms with Crippen LogP contribution in [0.2, 0.25) is 0 Å². The molecule has 1 amide bonds. The number of ether oxygens (including phenoxy) is 1. The first-order valence-electron chi connectivity index (χ1n) is 8.40. The van der Waals surface area contributed by atoms with Crippen LogP contribution in [0.5, 0.6) is 0 Å². The molecule has 138 valence electrons. The number of fused-ring (bicyclic) bond motifs is 1. The lowest BCUT2D eigenvalue weighted by Crippen LogP contribution is -2.40. The molecule has 2 aromatic rings. The van der Waals surface area contributed by atoms with Gasteiger partial charge in [-0.1, -0.05) is 12.1 Å². The van der Waals surface area contributed by atoms with Gasteiger partial charge < -0.3 is 9.64 Å². The molecule has 2 aromatic carbocycles. The molecule has 0 bridgehead atoms. The summed E-state index contributed by atoms with van der Waals surface area (Å²) in [5.74, 6) is -1.90. The lowest BCUT2D eigenvalue weighted by molar-refractivity contribution is 0.0223. The Bertz CT molecular complexity index is 839.